The second kappa shape index (κ2) is 7.51. The predicted octanol–water partition coefficient (Wildman–Crippen LogP) is 6.08. The predicted molar refractivity (Wildman–Crippen MR) is 98.6 cm³/mol. The third-order valence-corrected chi connectivity index (χ3v) is 4.81. The highest BCUT2D eigenvalue weighted by Crippen LogP contribution is 2.50. The van der Waals surface area contributed by atoms with Crippen LogP contribution in [-0.4, -0.2) is 0 Å². The smallest absolute Gasteiger partial charge is 0.0251 e. The molecule has 2 aromatic rings. The van der Waals surface area contributed by atoms with E-state index in [9.17, 15) is 0 Å². The van der Waals surface area contributed by atoms with Crippen molar-refractivity contribution >= 4 is 0 Å². The van der Waals surface area contributed by atoms with Crippen molar-refractivity contribution in [3.8, 4) is 11.8 Å². The summed E-state index contributed by atoms with van der Waals surface area (Å²) in [7, 11) is 0. The Balaban J connectivity index is 1.58. The van der Waals surface area contributed by atoms with Gasteiger partial charge in [0.15, 0.2) is 0 Å². The first kappa shape index (κ1) is 15.9. The third kappa shape index (κ3) is 4.49. The summed E-state index contributed by atoms with van der Waals surface area (Å²) in [5.41, 5.74) is 4.97. The molecule has 2 unspecified atom stereocenters. The first-order valence-corrected chi connectivity index (χ1v) is 8.95. The van der Waals surface area contributed by atoms with Crippen molar-refractivity contribution in [3.05, 3.63) is 70.8 Å². The molecular formula is C23H26. The molecule has 1 fully saturated rings. The van der Waals surface area contributed by atoms with E-state index in [1.165, 1.54) is 43.2 Å². The lowest BCUT2D eigenvalue weighted by molar-refractivity contribution is 0.610. The first-order chi connectivity index (χ1) is 11.3. The van der Waals surface area contributed by atoms with E-state index in [1.807, 2.05) is 0 Å². The average molecular weight is 302 g/mol. The van der Waals surface area contributed by atoms with Crippen LogP contribution >= 0.6 is 0 Å². The highest BCUT2D eigenvalue weighted by Gasteiger charge is 2.37. The fourth-order valence-corrected chi connectivity index (χ4v) is 3.31. The fourth-order valence-electron chi connectivity index (χ4n) is 3.31. The van der Waals surface area contributed by atoms with Crippen molar-refractivity contribution < 1.29 is 0 Å². The molecule has 0 radical (unpaired) electrons. The highest BCUT2D eigenvalue weighted by molar-refractivity contribution is 5.45. The summed E-state index contributed by atoms with van der Waals surface area (Å²) >= 11 is 0. The van der Waals surface area contributed by atoms with Gasteiger partial charge in [-0.1, -0.05) is 62.3 Å². The Hall–Kier alpha value is -2.00. The molecule has 1 aliphatic carbocycles. The molecule has 0 heteroatoms. The van der Waals surface area contributed by atoms with Crippen molar-refractivity contribution in [3.63, 3.8) is 0 Å². The molecule has 0 saturated heterocycles. The maximum absolute atomic E-state index is 3.28. The minimum absolute atomic E-state index is 0.811. The van der Waals surface area contributed by atoms with Gasteiger partial charge in [-0.15, -0.1) is 0 Å². The Kier molecular flexibility index (Phi) is 5.19. The molecular weight excluding hydrogens is 276 g/mol. The van der Waals surface area contributed by atoms with Crippen molar-refractivity contribution in [1.82, 2.24) is 0 Å². The summed E-state index contributed by atoms with van der Waals surface area (Å²) in [6.45, 7) is 4.38. The molecule has 2 atom stereocenters. The van der Waals surface area contributed by atoms with Gasteiger partial charge in [-0.2, -0.15) is 0 Å². The number of rotatable bonds is 5. The second-order valence-electron chi connectivity index (χ2n) is 6.84. The van der Waals surface area contributed by atoms with E-state index in [0.717, 1.165) is 23.0 Å². The van der Waals surface area contributed by atoms with Crippen LogP contribution in [0, 0.1) is 24.7 Å². The lowest BCUT2D eigenvalue weighted by Gasteiger charge is -2.01. The van der Waals surface area contributed by atoms with Crippen LogP contribution in [0.4, 0.5) is 0 Å². The topological polar surface area (TPSA) is 0 Å². The van der Waals surface area contributed by atoms with E-state index in [-0.39, 0.29) is 0 Å². The molecule has 23 heavy (non-hydrogen) atoms. The average Bonchev–Trinajstić information content (AvgIpc) is 3.33. The molecule has 0 aliphatic heterocycles. The largest absolute Gasteiger partial charge is 0.0654 e. The van der Waals surface area contributed by atoms with E-state index in [4.69, 9.17) is 0 Å². The molecule has 3 rings (SSSR count). The van der Waals surface area contributed by atoms with E-state index in [0.29, 0.717) is 0 Å². The standard InChI is InChI=1S/C23H26/c1-3-4-5-9-22-17-23(22)21-14-12-19(13-15-21)10-11-20-8-6-7-18(2)16-20/h6-8,12-16,22-23H,3-5,9,17H2,1-2H3. The van der Waals surface area contributed by atoms with Crippen LogP contribution in [0.25, 0.3) is 0 Å². The molecule has 118 valence electrons. The molecule has 0 N–H and O–H groups in total. The van der Waals surface area contributed by atoms with Gasteiger partial charge in [0, 0.05) is 11.1 Å². The minimum Gasteiger partial charge on any atom is -0.0654 e. The quantitative estimate of drug-likeness (QED) is 0.464. The van der Waals surface area contributed by atoms with Gasteiger partial charge in [-0.3, -0.25) is 0 Å². The summed E-state index contributed by atoms with van der Waals surface area (Å²) in [4.78, 5) is 0. The Bertz CT molecular complexity index is 697. The van der Waals surface area contributed by atoms with Gasteiger partial charge in [-0.05, 0) is 67.0 Å². The fraction of sp³-hybridized carbons (Fsp3) is 0.391. The maximum atomic E-state index is 3.28. The monoisotopic (exact) mass is 302 g/mol. The molecule has 0 bridgehead atoms. The van der Waals surface area contributed by atoms with Crippen molar-refractivity contribution in [1.29, 1.82) is 0 Å². The maximum Gasteiger partial charge on any atom is 0.0251 e. The molecule has 0 amide bonds. The van der Waals surface area contributed by atoms with Crippen LogP contribution < -0.4 is 0 Å². The van der Waals surface area contributed by atoms with Crippen LogP contribution in [-0.2, 0) is 0 Å². The zero-order valence-electron chi connectivity index (χ0n) is 14.3. The van der Waals surface area contributed by atoms with Crippen molar-refractivity contribution in [2.45, 2.75) is 51.9 Å². The van der Waals surface area contributed by atoms with Crippen molar-refractivity contribution in [2.24, 2.45) is 5.92 Å². The van der Waals surface area contributed by atoms with E-state index in [2.05, 4.69) is 74.2 Å². The summed E-state index contributed by atoms with van der Waals surface area (Å²) < 4.78 is 0. The summed E-state index contributed by atoms with van der Waals surface area (Å²) in [5.74, 6) is 8.28. The third-order valence-electron chi connectivity index (χ3n) is 4.81. The Morgan fingerprint density at radius 2 is 1.74 bits per heavy atom. The Morgan fingerprint density at radius 3 is 2.48 bits per heavy atom. The van der Waals surface area contributed by atoms with Crippen molar-refractivity contribution in [2.75, 3.05) is 0 Å². The SMILES string of the molecule is CCCCCC1CC1c1ccc(C#Cc2cccc(C)c2)cc1. The number of hydrogen-bond donors (Lipinski definition) is 0. The zero-order valence-corrected chi connectivity index (χ0v) is 14.3. The molecule has 2 aromatic carbocycles. The molecule has 1 saturated carbocycles. The van der Waals surface area contributed by atoms with Gasteiger partial charge in [0.2, 0.25) is 0 Å². The van der Waals surface area contributed by atoms with Crippen LogP contribution in [0.15, 0.2) is 48.5 Å². The lowest BCUT2D eigenvalue weighted by Crippen LogP contribution is -1.85. The van der Waals surface area contributed by atoms with Gasteiger partial charge < -0.3 is 0 Å². The number of hydrogen-bond acceptors (Lipinski definition) is 0. The van der Waals surface area contributed by atoms with E-state index < -0.39 is 0 Å². The summed E-state index contributed by atoms with van der Waals surface area (Å²) in [6.07, 6.45) is 6.91. The van der Waals surface area contributed by atoms with Gasteiger partial charge in [-0.25, -0.2) is 0 Å². The summed E-state index contributed by atoms with van der Waals surface area (Å²) in [5, 5.41) is 0. The second-order valence-corrected chi connectivity index (χ2v) is 6.84. The molecule has 0 spiro atoms. The first-order valence-electron chi connectivity index (χ1n) is 8.95. The number of unbranched alkanes of at least 4 members (excludes halogenated alkanes) is 2. The summed E-state index contributed by atoms with van der Waals surface area (Å²) in [6, 6.07) is 17.3. The van der Waals surface area contributed by atoms with Crippen LogP contribution in [0.5, 0.6) is 0 Å². The number of benzene rings is 2. The lowest BCUT2D eigenvalue weighted by atomic mass is 10.0. The molecule has 0 heterocycles. The highest BCUT2D eigenvalue weighted by atomic mass is 14.4. The normalized spacial score (nSPS) is 19.0. The van der Waals surface area contributed by atoms with Gasteiger partial charge in [0.05, 0.1) is 0 Å². The van der Waals surface area contributed by atoms with Gasteiger partial charge >= 0.3 is 0 Å². The molecule has 0 nitrogen and oxygen atoms in total. The van der Waals surface area contributed by atoms with Gasteiger partial charge in [0.25, 0.3) is 0 Å². The van der Waals surface area contributed by atoms with Gasteiger partial charge in [0.1, 0.15) is 0 Å². The van der Waals surface area contributed by atoms with Crippen LogP contribution in [0.2, 0.25) is 0 Å². The number of aryl methyl sites for hydroxylation is 1. The van der Waals surface area contributed by atoms with Crippen LogP contribution in [0.1, 0.15) is 67.2 Å². The minimum atomic E-state index is 0.811. The van der Waals surface area contributed by atoms with Crippen LogP contribution in [0.3, 0.4) is 0 Å². The Morgan fingerprint density at radius 1 is 0.957 bits per heavy atom. The van der Waals surface area contributed by atoms with E-state index >= 15 is 0 Å². The Labute approximate surface area is 140 Å². The molecule has 0 aromatic heterocycles. The zero-order chi connectivity index (χ0) is 16.1. The van der Waals surface area contributed by atoms with E-state index in [1.54, 1.807) is 0 Å². The molecule has 1 aliphatic rings.